The summed E-state index contributed by atoms with van der Waals surface area (Å²) < 4.78 is 18.1. The first kappa shape index (κ1) is 24.2. The van der Waals surface area contributed by atoms with Gasteiger partial charge in [-0.25, -0.2) is 0 Å². The van der Waals surface area contributed by atoms with Gasteiger partial charge in [-0.3, -0.25) is 9.59 Å². The molecule has 0 amide bonds. The van der Waals surface area contributed by atoms with Gasteiger partial charge in [0, 0.05) is 37.5 Å². The molecule has 3 aliphatic rings. The third-order valence-electron chi connectivity index (χ3n) is 8.29. The fourth-order valence-electron chi connectivity index (χ4n) is 7.26. The van der Waals surface area contributed by atoms with Crippen molar-refractivity contribution >= 4 is 11.9 Å². The molecule has 1 aliphatic heterocycles. The van der Waals surface area contributed by atoms with Crippen LogP contribution in [0.15, 0.2) is 12.7 Å². The largest absolute Gasteiger partial charge is 0.462 e. The molecule has 7 heteroatoms. The van der Waals surface area contributed by atoms with Crippen LogP contribution in [0.2, 0.25) is 0 Å². The van der Waals surface area contributed by atoms with Crippen molar-refractivity contribution in [2.75, 3.05) is 0 Å². The molecule has 0 aromatic carbocycles. The number of hydrogen-bond donors (Lipinski definition) is 2. The van der Waals surface area contributed by atoms with E-state index in [-0.39, 0.29) is 11.3 Å². The van der Waals surface area contributed by atoms with Crippen molar-refractivity contribution in [2.24, 2.45) is 22.7 Å². The summed E-state index contributed by atoms with van der Waals surface area (Å²) in [5.74, 6) is -1.81. The molecule has 176 valence electrons. The number of carbonyl (C=O) groups excluding carboxylic acids is 2. The van der Waals surface area contributed by atoms with E-state index in [1.807, 2.05) is 13.8 Å². The molecule has 1 saturated heterocycles. The van der Waals surface area contributed by atoms with Crippen LogP contribution in [0.3, 0.4) is 0 Å². The van der Waals surface area contributed by atoms with E-state index in [1.54, 1.807) is 13.0 Å². The van der Waals surface area contributed by atoms with Crippen LogP contribution in [0, 0.1) is 22.7 Å². The van der Waals surface area contributed by atoms with Gasteiger partial charge >= 0.3 is 11.9 Å². The highest BCUT2D eigenvalue weighted by atomic mass is 16.6. The van der Waals surface area contributed by atoms with Gasteiger partial charge in [0.2, 0.25) is 0 Å². The Labute approximate surface area is 185 Å². The molecule has 3 fully saturated rings. The molecule has 0 spiro atoms. The lowest BCUT2D eigenvalue weighted by Crippen LogP contribution is -2.78. The van der Waals surface area contributed by atoms with Gasteiger partial charge < -0.3 is 24.4 Å². The molecule has 2 aliphatic carbocycles. The maximum Gasteiger partial charge on any atom is 0.303 e. The molecule has 0 radical (unpaired) electrons. The zero-order valence-corrected chi connectivity index (χ0v) is 19.8. The third kappa shape index (κ3) is 3.62. The Bertz CT molecular complexity index is 763. The summed E-state index contributed by atoms with van der Waals surface area (Å²) in [7, 11) is 0. The minimum atomic E-state index is -1.25. The maximum atomic E-state index is 12.1. The molecule has 2 saturated carbocycles. The lowest BCUT2D eigenvalue weighted by Gasteiger charge is -2.69. The van der Waals surface area contributed by atoms with Crippen molar-refractivity contribution in [3.63, 3.8) is 0 Å². The summed E-state index contributed by atoms with van der Waals surface area (Å²) in [4.78, 5) is 24.1. The van der Waals surface area contributed by atoms with Gasteiger partial charge in [0.25, 0.3) is 0 Å². The number of fused-ring (bicyclic) bond motifs is 3. The van der Waals surface area contributed by atoms with Gasteiger partial charge in [0.05, 0.1) is 11.7 Å². The highest BCUT2D eigenvalue weighted by Crippen LogP contribution is 2.66. The molecule has 0 unspecified atom stereocenters. The van der Waals surface area contributed by atoms with E-state index in [0.29, 0.717) is 19.3 Å². The number of ether oxygens (including phenoxy) is 3. The van der Waals surface area contributed by atoms with Gasteiger partial charge in [-0.15, -0.1) is 6.58 Å². The summed E-state index contributed by atoms with van der Waals surface area (Å²) in [6, 6.07) is 0. The number of aliphatic hydroxyl groups excluding tert-OH is 2. The van der Waals surface area contributed by atoms with Crippen molar-refractivity contribution in [2.45, 2.75) is 103 Å². The van der Waals surface area contributed by atoms with Gasteiger partial charge in [-0.1, -0.05) is 26.8 Å². The first-order valence-electron chi connectivity index (χ1n) is 11.2. The van der Waals surface area contributed by atoms with E-state index in [1.165, 1.54) is 13.8 Å². The summed E-state index contributed by atoms with van der Waals surface area (Å²) in [5, 5.41) is 23.1. The number of aliphatic hydroxyl groups is 2. The molecule has 2 N–H and O–H groups in total. The number of rotatable bonds is 3. The molecule has 7 nitrogen and oxygen atoms in total. The molecule has 0 bridgehead atoms. The fraction of sp³-hybridized carbons (Fsp3) is 0.833. The van der Waals surface area contributed by atoms with E-state index < -0.39 is 58.9 Å². The lowest BCUT2D eigenvalue weighted by atomic mass is 9.41. The second-order valence-electron chi connectivity index (χ2n) is 11.0. The minimum absolute atomic E-state index is 0.337. The molecule has 9 atom stereocenters. The zero-order valence-electron chi connectivity index (χ0n) is 19.8. The molecular weight excluding hydrogens is 400 g/mol. The van der Waals surface area contributed by atoms with Crippen LogP contribution in [0.5, 0.6) is 0 Å². The van der Waals surface area contributed by atoms with Gasteiger partial charge in [-0.2, -0.15) is 0 Å². The van der Waals surface area contributed by atoms with E-state index >= 15 is 0 Å². The van der Waals surface area contributed by atoms with Crippen LogP contribution >= 0.6 is 0 Å². The van der Waals surface area contributed by atoms with Gasteiger partial charge in [0.1, 0.15) is 23.9 Å². The normalized spacial score (nSPS) is 48.7. The van der Waals surface area contributed by atoms with Crippen LogP contribution < -0.4 is 0 Å². The molecule has 3 rings (SSSR count). The topological polar surface area (TPSA) is 102 Å². The minimum Gasteiger partial charge on any atom is -0.462 e. The molecular formula is C24H38O7. The summed E-state index contributed by atoms with van der Waals surface area (Å²) in [5.41, 5.74) is -3.29. The van der Waals surface area contributed by atoms with Crippen molar-refractivity contribution in [3.8, 4) is 0 Å². The number of hydrogen-bond acceptors (Lipinski definition) is 7. The highest BCUT2D eigenvalue weighted by molar-refractivity contribution is 5.67. The summed E-state index contributed by atoms with van der Waals surface area (Å²) >= 11 is 0. The first-order chi connectivity index (χ1) is 14.1. The summed E-state index contributed by atoms with van der Waals surface area (Å²) in [6.45, 7) is 16.3. The van der Waals surface area contributed by atoms with Crippen LogP contribution in [0.4, 0.5) is 0 Å². The van der Waals surface area contributed by atoms with Crippen molar-refractivity contribution in [1.82, 2.24) is 0 Å². The molecule has 31 heavy (non-hydrogen) atoms. The first-order valence-corrected chi connectivity index (χ1v) is 11.2. The second-order valence-corrected chi connectivity index (χ2v) is 11.0. The van der Waals surface area contributed by atoms with E-state index in [4.69, 9.17) is 14.2 Å². The maximum absolute atomic E-state index is 12.1. The number of carbonyl (C=O) groups is 2. The third-order valence-corrected chi connectivity index (χ3v) is 8.29. The SMILES string of the molecule is C=C[C@@]1(C)C[C@@H](OC(C)=O)[C@H]2[C@](C)(O1)[C@@H](O)[C@@H](OC(C)=O)[C@H]1C(C)(C)CC[C@@H](O)[C@@]12C. The van der Waals surface area contributed by atoms with Crippen LogP contribution in [-0.2, 0) is 23.8 Å². The summed E-state index contributed by atoms with van der Waals surface area (Å²) in [6.07, 6.45) is -0.128. The van der Waals surface area contributed by atoms with Gasteiger partial charge in [-0.05, 0) is 32.1 Å². The average Bonchev–Trinajstić information content (AvgIpc) is 2.61. The van der Waals surface area contributed by atoms with Crippen molar-refractivity contribution in [3.05, 3.63) is 12.7 Å². The Morgan fingerprint density at radius 2 is 1.61 bits per heavy atom. The Morgan fingerprint density at radius 1 is 1.03 bits per heavy atom. The Balaban J connectivity index is 2.26. The fourth-order valence-corrected chi connectivity index (χ4v) is 7.26. The monoisotopic (exact) mass is 438 g/mol. The van der Waals surface area contributed by atoms with Crippen LogP contribution in [0.25, 0.3) is 0 Å². The quantitative estimate of drug-likeness (QED) is 0.516. The zero-order chi connectivity index (χ0) is 23.6. The van der Waals surface area contributed by atoms with Crippen LogP contribution in [0.1, 0.15) is 67.7 Å². The second kappa shape index (κ2) is 7.56. The van der Waals surface area contributed by atoms with E-state index in [0.717, 1.165) is 0 Å². The smallest absolute Gasteiger partial charge is 0.303 e. The predicted molar refractivity (Wildman–Crippen MR) is 114 cm³/mol. The van der Waals surface area contributed by atoms with E-state index in [2.05, 4.69) is 20.4 Å². The van der Waals surface area contributed by atoms with Crippen molar-refractivity contribution in [1.29, 1.82) is 0 Å². The van der Waals surface area contributed by atoms with Crippen molar-refractivity contribution < 1.29 is 34.0 Å². The molecule has 0 aromatic rings. The molecule has 0 aromatic heterocycles. The highest BCUT2D eigenvalue weighted by Gasteiger charge is 2.74. The Hall–Kier alpha value is -1.44. The van der Waals surface area contributed by atoms with Gasteiger partial charge in [0.15, 0.2) is 0 Å². The number of esters is 2. The predicted octanol–water partition coefficient (Wildman–Crippen LogP) is 2.77. The Kier molecular flexibility index (Phi) is 5.91. The standard InChI is InChI=1S/C24H38O7/c1-9-22(6)12-15(29-13(2)25)18-23(7)16(27)10-11-21(4,5)19(23)17(30-14(3)26)20(28)24(18,8)31-22/h9,15-20,27-28H,1,10-12H2,2-8H3/t15-,16-,17+,18-,19+,20+,22+,23-,24+/m1/s1. The van der Waals surface area contributed by atoms with Crippen LogP contribution in [-0.4, -0.2) is 57.8 Å². The molecule has 1 heterocycles. The lowest BCUT2D eigenvalue weighted by molar-refractivity contribution is -0.353. The average molecular weight is 439 g/mol. The van der Waals surface area contributed by atoms with E-state index in [9.17, 15) is 19.8 Å². The Morgan fingerprint density at radius 3 is 2.13 bits per heavy atom.